The molecule has 0 bridgehead atoms. The first kappa shape index (κ1) is 14.7. The van der Waals surface area contributed by atoms with Crippen LogP contribution in [0.1, 0.15) is 32.1 Å². The van der Waals surface area contributed by atoms with Gasteiger partial charge in [-0.25, -0.2) is 0 Å². The van der Waals surface area contributed by atoms with Crippen LogP contribution in [0.25, 0.3) is 0 Å². The Balaban J connectivity index is 1.55. The van der Waals surface area contributed by atoms with Crippen molar-refractivity contribution in [3.63, 3.8) is 0 Å². The van der Waals surface area contributed by atoms with Crippen LogP contribution >= 0.6 is 0 Å². The van der Waals surface area contributed by atoms with Crippen molar-refractivity contribution >= 4 is 10.2 Å². The van der Waals surface area contributed by atoms with Gasteiger partial charge in [0.05, 0.1) is 0 Å². The third-order valence-electron chi connectivity index (χ3n) is 4.68. The van der Waals surface area contributed by atoms with Crippen molar-refractivity contribution in [2.24, 2.45) is 5.92 Å². The Morgan fingerprint density at radius 1 is 1.10 bits per heavy atom. The molecule has 0 aromatic carbocycles. The van der Waals surface area contributed by atoms with Gasteiger partial charge >= 0.3 is 0 Å². The minimum Gasteiger partial charge on any atom is -0.396 e. The number of aliphatic hydroxyl groups is 1. The average Bonchev–Trinajstić information content (AvgIpc) is 3.20. The average molecular weight is 303 g/mol. The van der Waals surface area contributed by atoms with E-state index in [9.17, 15) is 13.5 Å². The second kappa shape index (κ2) is 5.88. The Morgan fingerprint density at radius 3 is 2.60 bits per heavy atom. The van der Waals surface area contributed by atoms with E-state index in [0.29, 0.717) is 19.1 Å². The minimum atomic E-state index is -3.39. The SMILES string of the molecule is O=S(=O)(NC1CCN(C2CC2)C1)N1CCCC(CO)C1. The quantitative estimate of drug-likeness (QED) is 0.735. The number of rotatable bonds is 5. The third kappa shape index (κ3) is 3.33. The second-order valence-electron chi connectivity index (χ2n) is 6.38. The molecular weight excluding hydrogens is 278 g/mol. The molecule has 2 saturated heterocycles. The third-order valence-corrected chi connectivity index (χ3v) is 6.32. The number of likely N-dealkylation sites (tertiary alicyclic amines) is 1. The van der Waals surface area contributed by atoms with E-state index >= 15 is 0 Å². The monoisotopic (exact) mass is 303 g/mol. The van der Waals surface area contributed by atoms with Crippen molar-refractivity contribution in [1.82, 2.24) is 13.9 Å². The lowest BCUT2D eigenvalue weighted by atomic mass is 10.0. The van der Waals surface area contributed by atoms with Crippen molar-refractivity contribution in [2.75, 3.05) is 32.8 Å². The molecule has 3 fully saturated rings. The summed E-state index contributed by atoms with van der Waals surface area (Å²) >= 11 is 0. The highest BCUT2D eigenvalue weighted by atomic mass is 32.2. The van der Waals surface area contributed by atoms with Crippen molar-refractivity contribution < 1.29 is 13.5 Å². The van der Waals surface area contributed by atoms with Gasteiger partial charge in [0.2, 0.25) is 0 Å². The highest BCUT2D eigenvalue weighted by molar-refractivity contribution is 7.87. The van der Waals surface area contributed by atoms with Crippen LogP contribution in [0.4, 0.5) is 0 Å². The summed E-state index contributed by atoms with van der Waals surface area (Å²) in [7, 11) is -3.39. The Labute approximate surface area is 121 Å². The van der Waals surface area contributed by atoms with E-state index in [1.807, 2.05) is 0 Å². The van der Waals surface area contributed by atoms with Crippen LogP contribution in [0.5, 0.6) is 0 Å². The fourth-order valence-corrected chi connectivity index (χ4v) is 4.87. The Morgan fingerprint density at radius 2 is 1.90 bits per heavy atom. The molecule has 2 heterocycles. The summed E-state index contributed by atoms with van der Waals surface area (Å²) in [5.74, 6) is 0.0897. The maximum Gasteiger partial charge on any atom is 0.279 e. The van der Waals surface area contributed by atoms with E-state index in [-0.39, 0.29) is 18.6 Å². The summed E-state index contributed by atoms with van der Waals surface area (Å²) in [6, 6.07) is 0.758. The maximum atomic E-state index is 12.4. The molecule has 7 heteroatoms. The molecule has 0 aromatic heterocycles. The van der Waals surface area contributed by atoms with Crippen molar-refractivity contribution in [2.45, 2.75) is 44.2 Å². The normalized spacial score (nSPS) is 33.6. The molecule has 2 aliphatic heterocycles. The van der Waals surface area contributed by atoms with Gasteiger partial charge < -0.3 is 5.11 Å². The Kier molecular flexibility index (Phi) is 4.33. The van der Waals surface area contributed by atoms with Crippen LogP contribution in [0.3, 0.4) is 0 Å². The Hall–Kier alpha value is -0.210. The fourth-order valence-electron chi connectivity index (χ4n) is 3.33. The highest BCUT2D eigenvalue weighted by Gasteiger charge is 2.37. The van der Waals surface area contributed by atoms with Gasteiger partial charge in [-0.1, -0.05) is 0 Å². The molecule has 2 unspecified atom stereocenters. The van der Waals surface area contributed by atoms with E-state index < -0.39 is 10.2 Å². The molecule has 1 saturated carbocycles. The number of hydrogen-bond donors (Lipinski definition) is 2. The van der Waals surface area contributed by atoms with Crippen LogP contribution in [0.15, 0.2) is 0 Å². The second-order valence-corrected chi connectivity index (χ2v) is 8.09. The molecule has 0 amide bonds. The molecule has 2 atom stereocenters. The standard InChI is InChI=1S/C13H25N3O3S/c17-10-11-2-1-6-16(8-11)20(18,19)14-12-5-7-15(9-12)13-3-4-13/h11-14,17H,1-10H2. The van der Waals surface area contributed by atoms with Crippen LogP contribution in [-0.4, -0.2) is 67.6 Å². The van der Waals surface area contributed by atoms with E-state index in [1.54, 1.807) is 0 Å². The molecule has 20 heavy (non-hydrogen) atoms. The van der Waals surface area contributed by atoms with Gasteiger partial charge in [-0.3, -0.25) is 4.90 Å². The Bertz CT molecular complexity index is 438. The lowest BCUT2D eigenvalue weighted by Gasteiger charge is -2.31. The highest BCUT2D eigenvalue weighted by Crippen LogP contribution is 2.30. The number of aliphatic hydroxyl groups excluding tert-OH is 1. The largest absolute Gasteiger partial charge is 0.396 e. The molecule has 6 nitrogen and oxygen atoms in total. The lowest BCUT2D eigenvalue weighted by molar-refractivity contribution is 0.164. The number of piperidine rings is 1. The van der Waals surface area contributed by atoms with E-state index in [0.717, 1.165) is 32.4 Å². The molecule has 116 valence electrons. The topological polar surface area (TPSA) is 72.9 Å². The minimum absolute atomic E-state index is 0.0510. The maximum absolute atomic E-state index is 12.4. The first-order valence-corrected chi connectivity index (χ1v) is 9.15. The van der Waals surface area contributed by atoms with Crippen molar-refractivity contribution in [3.05, 3.63) is 0 Å². The summed E-state index contributed by atoms with van der Waals surface area (Å²) in [6.07, 6.45) is 5.20. The first-order chi connectivity index (χ1) is 9.58. The summed E-state index contributed by atoms with van der Waals surface area (Å²) in [4.78, 5) is 2.40. The number of hydrogen-bond acceptors (Lipinski definition) is 4. The van der Waals surface area contributed by atoms with Gasteiger partial charge in [0.25, 0.3) is 10.2 Å². The molecule has 0 spiro atoms. The predicted molar refractivity (Wildman–Crippen MR) is 76.4 cm³/mol. The van der Waals surface area contributed by atoms with Crippen molar-refractivity contribution in [3.8, 4) is 0 Å². The number of nitrogens with one attached hydrogen (secondary N) is 1. The van der Waals surface area contributed by atoms with Crippen LogP contribution in [-0.2, 0) is 10.2 Å². The molecule has 1 aliphatic carbocycles. The van der Waals surface area contributed by atoms with E-state index in [2.05, 4.69) is 9.62 Å². The molecule has 3 rings (SSSR count). The zero-order chi connectivity index (χ0) is 14.2. The van der Waals surface area contributed by atoms with Crippen LogP contribution in [0, 0.1) is 5.92 Å². The van der Waals surface area contributed by atoms with Gasteiger partial charge in [-0.05, 0) is 38.0 Å². The van der Waals surface area contributed by atoms with E-state index in [1.165, 1.54) is 17.1 Å². The number of nitrogens with zero attached hydrogens (tertiary/aromatic N) is 2. The first-order valence-electron chi connectivity index (χ1n) is 7.71. The molecule has 0 aromatic rings. The van der Waals surface area contributed by atoms with Crippen LogP contribution < -0.4 is 4.72 Å². The molecule has 2 N–H and O–H groups in total. The summed E-state index contributed by atoms with van der Waals surface area (Å²) < 4.78 is 29.2. The van der Waals surface area contributed by atoms with Gasteiger partial charge in [-0.2, -0.15) is 17.4 Å². The predicted octanol–water partition coefficient (Wildman–Crippen LogP) is -0.238. The molecule has 3 aliphatic rings. The van der Waals surface area contributed by atoms with Gasteiger partial charge in [0.15, 0.2) is 0 Å². The summed E-state index contributed by atoms with van der Waals surface area (Å²) in [6.45, 7) is 2.96. The summed E-state index contributed by atoms with van der Waals surface area (Å²) in [5, 5.41) is 9.21. The summed E-state index contributed by atoms with van der Waals surface area (Å²) in [5.41, 5.74) is 0. The van der Waals surface area contributed by atoms with Crippen molar-refractivity contribution in [1.29, 1.82) is 0 Å². The van der Waals surface area contributed by atoms with Gasteiger partial charge in [0, 0.05) is 44.9 Å². The van der Waals surface area contributed by atoms with Gasteiger partial charge in [-0.15, -0.1) is 0 Å². The lowest BCUT2D eigenvalue weighted by Crippen LogP contribution is -2.50. The van der Waals surface area contributed by atoms with Gasteiger partial charge in [0.1, 0.15) is 0 Å². The molecular formula is C13H25N3O3S. The van der Waals surface area contributed by atoms with Crippen LogP contribution in [0.2, 0.25) is 0 Å². The smallest absolute Gasteiger partial charge is 0.279 e. The zero-order valence-electron chi connectivity index (χ0n) is 11.9. The zero-order valence-corrected chi connectivity index (χ0v) is 12.7. The molecule has 0 radical (unpaired) electrons. The fraction of sp³-hybridized carbons (Fsp3) is 1.00. The van der Waals surface area contributed by atoms with E-state index in [4.69, 9.17) is 0 Å².